The van der Waals surface area contributed by atoms with Gasteiger partial charge in [-0.25, -0.2) is 4.39 Å². The van der Waals surface area contributed by atoms with Crippen LogP contribution in [0.5, 0.6) is 0 Å². The maximum Gasteiger partial charge on any atom is 0.130 e. The van der Waals surface area contributed by atoms with Gasteiger partial charge in [0, 0.05) is 21.9 Å². The Labute approximate surface area is 157 Å². The molecule has 2 aliphatic rings. The molecule has 2 aromatic rings. The smallest absolute Gasteiger partial charge is 0.130 e. The lowest BCUT2D eigenvalue weighted by atomic mass is 9.62. The Bertz CT molecular complexity index is 858. The summed E-state index contributed by atoms with van der Waals surface area (Å²) in [6, 6.07) is 11.9. The molecule has 128 valence electrons. The second kappa shape index (κ2) is 5.67. The zero-order chi connectivity index (χ0) is 17.9. The predicted octanol–water partition coefficient (Wildman–Crippen LogP) is 7.32. The zero-order valence-electron chi connectivity index (χ0n) is 15.0. The highest BCUT2D eigenvalue weighted by molar-refractivity contribution is 9.10. The number of hydrogen-bond acceptors (Lipinski definition) is 0. The lowest BCUT2D eigenvalue weighted by molar-refractivity contribution is 0.274. The molecule has 0 heterocycles. The van der Waals surface area contributed by atoms with Gasteiger partial charge in [-0.05, 0) is 48.1 Å². The second-order valence-corrected chi connectivity index (χ2v) is 8.80. The minimum atomic E-state index is -0.114. The maximum absolute atomic E-state index is 14.3. The van der Waals surface area contributed by atoms with Crippen molar-refractivity contribution in [1.29, 1.82) is 0 Å². The highest BCUT2D eigenvalue weighted by Crippen LogP contribution is 2.58. The first-order valence-electron chi connectivity index (χ1n) is 8.75. The van der Waals surface area contributed by atoms with Gasteiger partial charge in [0.1, 0.15) is 5.82 Å². The van der Waals surface area contributed by atoms with Crippen LogP contribution in [0.3, 0.4) is 0 Å². The molecule has 0 saturated carbocycles. The molecule has 2 unspecified atom stereocenters. The molecule has 2 aromatic carbocycles. The van der Waals surface area contributed by atoms with Crippen LogP contribution in [0.25, 0.3) is 12.2 Å². The Kier molecular flexibility index (Phi) is 3.81. The molecule has 0 aliphatic heterocycles. The summed E-state index contributed by atoms with van der Waals surface area (Å²) in [6.07, 6.45) is 4.33. The summed E-state index contributed by atoms with van der Waals surface area (Å²) in [5.41, 5.74) is 7.13. The van der Waals surface area contributed by atoms with Crippen molar-refractivity contribution < 1.29 is 4.39 Å². The van der Waals surface area contributed by atoms with E-state index in [9.17, 15) is 4.39 Å². The van der Waals surface area contributed by atoms with Crippen LogP contribution in [0, 0.1) is 11.2 Å². The fraction of sp³-hybridized carbons (Fsp3) is 0.304. The van der Waals surface area contributed by atoms with Crippen LogP contribution in [-0.2, 0) is 0 Å². The third kappa shape index (κ3) is 2.38. The molecule has 2 heteroatoms. The first-order valence-corrected chi connectivity index (χ1v) is 9.55. The summed E-state index contributed by atoms with van der Waals surface area (Å²) in [4.78, 5) is 0. The molecule has 0 saturated heterocycles. The van der Waals surface area contributed by atoms with Crippen molar-refractivity contribution in [2.24, 2.45) is 5.41 Å². The maximum atomic E-state index is 14.3. The Morgan fingerprint density at radius 2 is 1.36 bits per heavy atom. The first kappa shape index (κ1) is 16.8. The van der Waals surface area contributed by atoms with Crippen molar-refractivity contribution in [2.75, 3.05) is 0 Å². The number of rotatable bonds is 2. The van der Waals surface area contributed by atoms with Crippen LogP contribution >= 0.6 is 15.9 Å². The van der Waals surface area contributed by atoms with Crippen LogP contribution in [0.15, 0.2) is 52.0 Å². The van der Waals surface area contributed by atoms with E-state index in [4.69, 9.17) is 0 Å². The van der Waals surface area contributed by atoms with Gasteiger partial charge >= 0.3 is 0 Å². The molecule has 0 fully saturated rings. The van der Waals surface area contributed by atoms with Crippen LogP contribution < -0.4 is 0 Å². The Hall–Kier alpha value is -1.67. The molecule has 0 N–H and O–H groups in total. The van der Waals surface area contributed by atoms with E-state index < -0.39 is 0 Å². The molecule has 0 aromatic heterocycles. The number of fused-ring (bicyclic) bond motifs is 2. The molecular formula is C23H22BrF. The third-order valence-electron chi connectivity index (χ3n) is 5.94. The van der Waals surface area contributed by atoms with Crippen molar-refractivity contribution in [1.82, 2.24) is 0 Å². The van der Waals surface area contributed by atoms with E-state index in [0.717, 1.165) is 15.6 Å². The first-order chi connectivity index (χ1) is 11.8. The zero-order valence-corrected chi connectivity index (χ0v) is 16.6. The van der Waals surface area contributed by atoms with E-state index in [1.807, 2.05) is 12.1 Å². The average Bonchev–Trinajstić information content (AvgIpc) is 3.06. The summed E-state index contributed by atoms with van der Waals surface area (Å²) in [5, 5.41) is 0. The van der Waals surface area contributed by atoms with Gasteiger partial charge in [0.2, 0.25) is 0 Å². The quantitative estimate of drug-likeness (QED) is 0.498. The molecule has 0 nitrogen and oxygen atoms in total. The number of hydrogen-bond donors (Lipinski definition) is 0. The van der Waals surface area contributed by atoms with Crippen molar-refractivity contribution in [3.63, 3.8) is 0 Å². The molecule has 2 atom stereocenters. The van der Waals surface area contributed by atoms with E-state index in [1.165, 1.54) is 22.3 Å². The van der Waals surface area contributed by atoms with E-state index in [0.29, 0.717) is 5.92 Å². The molecule has 4 rings (SSSR count). The molecule has 0 radical (unpaired) electrons. The average molecular weight is 397 g/mol. The Morgan fingerprint density at radius 3 is 2.00 bits per heavy atom. The monoisotopic (exact) mass is 396 g/mol. The van der Waals surface area contributed by atoms with Crippen LogP contribution in [0.2, 0.25) is 0 Å². The molecule has 0 spiro atoms. The van der Waals surface area contributed by atoms with Gasteiger partial charge < -0.3 is 0 Å². The lowest BCUT2D eigenvalue weighted by Crippen LogP contribution is -2.29. The van der Waals surface area contributed by atoms with Crippen LogP contribution in [0.4, 0.5) is 4.39 Å². The minimum Gasteiger partial charge on any atom is -0.206 e. The van der Waals surface area contributed by atoms with Crippen molar-refractivity contribution in [3.8, 4) is 0 Å². The van der Waals surface area contributed by atoms with Gasteiger partial charge in [-0.15, -0.1) is 0 Å². The molecule has 25 heavy (non-hydrogen) atoms. The summed E-state index contributed by atoms with van der Waals surface area (Å²) in [6.45, 7) is 9.01. The molecule has 0 bridgehead atoms. The van der Waals surface area contributed by atoms with Gasteiger partial charge in [-0.3, -0.25) is 0 Å². The summed E-state index contributed by atoms with van der Waals surface area (Å²) in [7, 11) is 0. The largest absolute Gasteiger partial charge is 0.206 e. The minimum absolute atomic E-state index is 0.0494. The SMILES string of the molecule is CC1=Cc2c(F)cccc2C1C(C)(C)C1C(C)=Cc2c(Br)cccc21. The number of benzene rings is 2. The van der Waals surface area contributed by atoms with E-state index in [-0.39, 0.29) is 17.2 Å². The topological polar surface area (TPSA) is 0 Å². The normalized spacial score (nSPS) is 21.7. The highest BCUT2D eigenvalue weighted by Gasteiger charge is 2.45. The second-order valence-electron chi connectivity index (χ2n) is 7.95. The summed E-state index contributed by atoms with van der Waals surface area (Å²) >= 11 is 3.69. The number of allylic oxidation sites excluding steroid dienone is 2. The predicted molar refractivity (Wildman–Crippen MR) is 107 cm³/mol. The van der Waals surface area contributed by atoms with Crippen molar-refractivity contribution in [2.45, 2.75) is 39.5 Å². The van der Waals surface area contributed by atoms with Gasteiger partial charge in [-0.1, -0.05) is 77.3 Å². The Morgan fingerprint density at radius 1 is 0.840 bits per heavy atom. The van der Waals surface area contributed by atoms with Gasteiger partial charge in [-0.2, -0.15) is 0 Å². The van der Waals surface area contributed by atoms with Gasteiger partial charge in [0.05, 0.1) is 0 Å². The van der Waals surface area contributed by atoms with Crippen LogP contribution in [0.1, 0.15) is 61.8 Å². The van der Waals surface area contributed by atoms with Crippen LogP contribution in [-0.4, -0.2) is 0 Å². The molecular weight excluding hydrogens is 375 g/mol. The van der Waals surface area contributed by atoms with E-state index in [2.05, 4.69) is 74.0 Å². The Balaban J connectivity index is 1.86. The third-order valence-corrected chi connectivity index (χ3v) is 6.63. The fourth-order valence-corrected chi connectivity index (χ4v) is 5.67. The molecule has 0 amide bonds. The summed E-state index contributed by atoms with van der Waals surface area (Å²) < 4.78 is 15.5. The fourth-order valence-electron chi connectivity index (χ4n) is 5.17. The van der Waals surface area contributed by atoms with E-state index in [1.54, 1.807) is 6.07 Å². The standard InChI is InChI=1S/C23H22BrF/c1-13-11-17-15(7-5-9-19(17)24)21(13)23(3,4)22-14(2)12-18-16(22)8-6-10-20(18)25/h5-12,21-22H,1-4H3. The summed E-state index contributed by atoms with van der Waals surface area (Å²) in [5.74, 6) is 0.427. The lowest BCUT2D eigenvalue weighted by Gasteiger charge is -2.41. The van der Waals surface area contributed by atoms with Crippen molar-refractivity contribution >= 4 is 28.1 Å². The van der Waals surface area contributed by atoms with Gasteiger partial charge in [0.25, 0.3) is 0 Å². The van der Waals surface area contributed by atoms with Gasteiger partial charge in [0.15, 0.2) is 0 Å². The molecule has 2 aliphatic carbocycles. The highest BCUT2D eigenvalue weighted by atomic mass is 79.9. The van der Waals surface area contributed by atoms with Crippen molar-refractivity contribution in [3.05, 3.63) is 80.1 Å². The van der Waals surface area contributed by atoms with E-state index >= 15 is 0 Å². The number of halogens is 2.